The first kappa shape index (κ1) is 24.7. The van der Waals surface area contributed by atoms with E-state index in [2.05, 4.69) is 29.6 Å². The lowest BCUT2D eigenvalue weighted by Crippen LogP contribution is -2.25. The SMILES string of the molecule is CCCCCC1CCC(C2CCC(C=CC#Cc3ccc(OC(F)(F)F)cc3)CC2)CC1. The normalized spacial score (nSPS) is 26.5. The van der Waals surface area contributed by atoms with Crippen LogP contribution in [-0.2, 0) is 0 Å². The minimum Gasteiger partial charge on any atom is -0.406 e. The summed E-state index contributed by atoms with van der Waals surface area (Å²) in [7, 11) is 0. The van der Waals surface area contributed by atoms with Gasteiger partial charge in [0.25, 0.3) is 0 Å². The molecular formula is C28H37F3O. The smallest absolute Gasteiger partial charge is 0.406 e. The van der Waals surface area contributed by atoms with Crippen LogP contribution in [0.1, 0.15) is 89.5 Å². The highest BCUT2D eigenvalue weighted by molar-refractivity contribution is 5.40. The molecule has 2 aliphatic carbocycles. The molecule has 0 spiro atoms. The second-order valence-corrected chi connectivity index (χ2v) is 9.65. The van der Waals surface area contributed by atoms with Crippen molar-refractivity contribution in [3.8, 4) is 17.6 Å². The Bertz CT molecular complexity index is 753. The summed E-state index contributed by atoms with van der Waals surface area (Å²) in [6.45, 7) is 2.29. The van der Waals surface area contributed by atoms with E-state index in [1.165, 1.54) is 89.2 Å². The molecule has 0 N–H and O–H groups in total. The first-order valence-corrected chi connectivity index (χ1v) is 12.5. The molecule has 0 bridgehead atoms. The summed E-state index contributed by atoms with van der Waals surface area (Å²) in [5.74, 6) is 9.25. The Morgan fingerprint density at radius 2 is 1.53 bits per heavy atom. The summed E-state index contributed by atoms with van der Waals surface area (Å²) in [6.07, 6.45) is 16.0. The summed E-state index contributed by atoms with van der Waals surface area (Å²) >= 11 is 0. The Hall–Kier alpha value is -1.89. The van der Waals surface area contributed by atoms with E-state index < -0.39 is 6.36 Å². The first-order chi connectivity index (χ1) is 15.4. The van der Waals surface area contributed by atoms with Crippen molar-refractivity contribution in [1.82, 2.24) is 0 Å². The molecule has 0 saturated heterocycles. The second-order valence-electron chi connectivity index (χ2n) is 9.65. The number of hydrogen-bond acceptors (Lipinski definition) is 1. The molecule has 4 heteroatoms. The maximum atomic E-state index is 12.2. The fraction of sp³-hybridized carbons (Fsp3) is 0.643. The van der Waals surface area contributed by atoms with Crippen LogP contribution in [0.25, 0.3) is 0 Å². The van der Waals surface area contributed by atoms with Gasteiger partial charge in [-0.1, -0.05) is 63.4 Å². The van der Waals surface area contributed by atoms with Gasteiger partial charge < -0.3 is 4.74 Å². The lowest BCUT2D eigenvalue weighted by Gasteiger charge is -2.37. The third-order valence-corrected chi connectivity index (χ3v) is 7.35. The van der Waals surface area contributed by atoms with Gasteiger partial charge >= 0.3 is 6.36 Å². The molecule has 2 fully saturated rings. The highest BCUT2D eigenvalue weighted by Crippen LogP contribution is 2.42. The predicted octanol–water partition coefficient (Wildman–Crippen LogP) is 8.69. The Kier molecular flexibility index (Phi) is 9.57. The third-order valence-electron chi connectivity index (χ3n) is 7.35. The quantitative estimate of drug-likeness (QED) is 0.301. The molecule has 0 heterocycles. The van der Waals surface area contributed by atoms with Crippen molar-refractivity contribution in [2.24, 2.45) is 23.7 Å². The molecule has 0 radical (unpaired) electrons. The van der Waals surface area contributed by atoms with E-state index in [-0.39, 0.29) is 5.75 Å². The van der Waals surface area contributed by atoms with Crippen LogP contribution in [0.5, 0.6) is 5.75 Å². The van der Waals surface area contributed by atoms with Gasteiger partial charge in [0.1, 0.15) is 5.75 Å². The number of alkyl halides is 3. The number of rotatable bonds is 7. The number of unbranched alkanes of at least 4 members (excludes halogenated alkanes) is 2. The minimum atomic E-state index is -4.66. The maximum Gasteiger partial charge on any atom is 0.573 e. The van der Waals surface area contributed by atoms with Gasteiger partial charge in [-0.3, -0.25) is 0 Å². The monoisotopic (exact) mass is 446 g/mol. The van der Waals surface area contributed by atoms with Gasteiger partial charge in [-0.05, 0) is 92.5 Å². The molecule has 32 heavy (non-hydrogen) atoms. The zero-order chi connectivity index (χ0) is 22.8. The van der Waals surface area contributed by atoms with E-state index in [1.54, 1.807) is 12.1 Å². The average molecular weight is 447 g/mol. The van der Waals surface area contributed by atoms with Gasteiger partial charge in [-0.15, -0.1) is 13.2 Å². The lowest BCUT2D eigenvalue weighted by atomic mass is 9.68. The number of allylic oxidation sites excluding steroid dienone is 2. The minimum absolute atomic E-state index is 0.222. The highest BCUT2D eigenvalue weighted by atomic mass is 19.4. The molecule has 1 nitrogen and oxygen atoms in total. The lowest BCUT2D eigenvalue weighted by molar-refractivity contribution is -0.274. The molecule has 0 aliphatic heterocycles. The van der Waals surface area contributed by atoms with Crippen molar-refractivity contribution in [2.75, 3.05) is 0 Å². The van der Waals surface area contributed by atoms with Gasteiger partial charge in [0.2, 0.25) is 0 Å². The van der Waals surface area contributed by atoms with Crippen LogP contribution in [0.2, 0.25) is 0 Å². The van der Waals surface area contributed by atoms with Crippen molar-refractivity contribution in [3.63, 3.8) is 0 Å². The topological polar surface area (TPSA) is 9.23 Å². The molecule has 0 amide bonds. The van der Waals surface area contributed by atoms with E-state index in [0.29, 0.717) is 11.5 Å². The summed E-state index contributed by atoms with van der Waals surface area (Å²) in [6, 6.07) is 5.68. The Balaban J connectivity index is 1.36. The van der Waals surface area contributed by atoms with Crippen LogP contribution in [0, 0.1) is 35.5 Å². The van der Waals surface area contributed by atoms with E-state index >= 15 is 0 Å². The molecule has 0 unspecified atom stereocenters. The van der Waals surface area contributed by atoms with E-state index in [4.69, 9.17) is 0 Å². The number of hydrogen-bond donors (Lipinski definition) is 0. The Morgan fingerprint density at radius 1 is 0.906 bits per heavy atom. The molecule has 2 saturated carbocycles. The maximum absolute atomic E-state index is 12.2. The van der Waals surface area contributed by atoms with Crippen LogP contribution < -0.4 is 4.74 Å². The van der Waals surface area contributed by atoms with Gasteiger partial charge in [0.05, 0.1) is 0 Å². The van der Waals surface area contributed by atoms with Gasteiger partial charge in [-0.25, -0.2) is 0 Å². The van der Waals surface area contributed by atoms with E-state index in [9.17, 15) is 13.2 Å². The van der Waals surface area contributed by atoms with Gasteiger partial charge in [0, 0.05) is 5.56 Å². The molecular weight excluding hydrogens is 409 g/mol. The van der Waals surface area contributed by atoms with E-state index in [1.807, 2.05) is 6.08 Å². The number of halogens is 3. The average Bonchev–Trinajstić information content (AvgIpc) is 2.78. The van der Waals surface area contributed by atoms with Gasteiger partial charge in [-0.2, -0.15) is 0 Å². The van der Waals surface area contributed by atoms with Crippen molar-refractivity contribution >= 4 is 0 Å². The third kappa shape index (κ3) is 8.57. The van der Waals surface area contributed by atoms with Crippen molar-refractivity contribution in [3.05, 3.63) is 42.0 Å². The van der Waals surface area contributed by atoms with Crippen molar-refractivity contribution < 1.29 is 17.9 Å². The highest BCUT2D eigenvalue weighted by Gasteiger charge is 2.31. The molecule has 2 aliphatic rings. The van der Waals surface area contributed by atoms with Crippen LogP contribution in [0.4, 0.5) is 13.2 Å². The zero-order valence-corrected chi connectivity index (χ0v) is 19.3. The first-order valence-electron chi connectivity index (χ1n) is 12.5. The molecule has 0 atom stereocenters. The van der Waals surface area contributed by atoms with Crippen LogP contribution >= 0.6 is 0 Å². The largest absolute Gasteiger partial charge is 0.573 e. The fourth-order valence-electron chi connectivity index (χ4n) is 5.49. The number of ether oxygens (including phenoxy) is 1. The van der Waals surface area contributed by atoms with E-state index in [0.717, 1.165) is 17.8 Å². The van der Waals surface area contributed by atoms with Crippen LogP contribution in [0.3, 0.4) is 0 Å². The molecule has 3 rings (SSSR count). The summed E-state index contributed by atoms with van der Waals surface area (Å²) in [4.78, 5) is 0. The van der Waals surface area contributed by atoms with Crippen molar-refractivity contribution in [2.45, 2.75) is 90.3 Å². The molecule has 1 aromatic rings. The summed E-state index contributed by atoms with van der Waals surface area (Å²) in [5, 5.41) is 0. The van der Waals surface area contributed by atoms with Crippen molar-refractivity contribution in [1.29, 1.82) is 0 Å². The Morgan fingerprint density at radius 3 is 2.12 bits per heavy atom. The molecule has 0 aromatic heterocycles. The number of benzene rings is 1. The summed E-state index contributed by atoms with van der Waals surface area (Å²) < 4.78 is 40.5. The predicted molar refractivity (Wildman–Crippen MR) is 124 cm³/mol. The Labute approximate surface area is 191 Å². The van der Waals surface area contributed by atoms with Crippen LogP contribution in [0.15, 0.2) is 36.4 Å². The van der Waals surface area contributed by atoms with Gasteiger partial charge in [0.15, 0.2) is 0 Å². The summed E-state index contributed by atoms with van der Waals surface area (Å²) in [5.41, 5.74) is 0.679. The zero-order valence-electron chi connectivity index (χ0n) is 19.3. The standard InChI is InChI=1S/C28H37F3O/c1-2-3-4-7-22-10-16-25(17-11-22)26-18-12-23(13-19-26)8-5-6-9-24-14-20-27(21-15-24)32-28(29,30)31/h5,8,14-15,20-23,25-26H,2-4,7,10-13,16-19H2,1H3. The fourth-order valence-corrected chi connectivity index (χ4v) is 5.49. The molecule has 1 aromatic carbocycles. The van der Waals surface area contributed by atoms with Crippen LogP contribution in [-0.4, -0.2) is 6.36 Å². The molecule has 176 valence electrons. The second kappa shape index (κ2) is 12.4.